The van der Waals surface area contributed by atoms with E-state index in [-0.39, 0.29) is 5.95 Å². The average Bonchev–Trinajstić information content (AvgIpc) is 2.26. The lowest BCUT2D eigenvalue weighted by molar-refractivity contribution is -0.386. The molecule has 0 radical (unpaired) electrons. The van der Waals surface area contributed by atoms with Crippen molar-refractivity contribution >= 4 is 11.6 Å². The summed E-state index contributed by atoms with van der Waals surface area (Å²) in [4.78, 5) is 16.6. The van der Waals surface area contributed by atoms with E-state index in [2.05, 4.69) is 14.7 Å². The predicted molar refractivity (Wildman–Crippen MR) is 52.7 cm³/mol. The minimum absolute atomic E-state index is 0.206. The van der Waals surface area contributed by atoms with Gasteiger partial charge in [-0.3, -0.25) is 15.5 Å². The Balaban J connectivity index is 2.81. The molecule has 1 heterocycles. The SMILES string of the molecule is NNc1ncc([N+](=O)[O-])c(OCCC(F)(F)F)n1. The second-order valence-corrected chi connectivity index (χ2v) is 3.00. The van der Waals surface area contributed by atoms with Crippen molar-refractivity contribution in [2.45, 2.75) is 12.6 Å². The van der Waals surface area contributed by atoms with Gasteiger partial charge >= 0.3 is 11.9 Å². The molecule has 0 aliphatic carbocycles. The van der Waals surface area contributed by atoms with Crippen LogP contribution in [0.1, 0.15) is 6.42 Å². The monoisotopic (exact) mass is 267 g/mol. The molecule has 0 saturated heterocycles. The molecule has 0 aromatic carbocycles. The number of nitrogens with two attached hydrogens (primary N) is 1. The number of nitrogens with zero attached hydrogens (tertiary/aromatic N) is 3. The van der Waals surface area contributed by atoms with Crippen molar-refractivity contribution in [3.05, 3.63) is 16.3 Å². The summed E-state index contributed by atoms with van der Waals surface area (Å²) in [6, 6.07) is 0. The van der Waals surface area contributed by atoms with E-state index < -0.39 is 35.7 Å². The van der Waals surface area contributed by atoms with Gasteiger partial charge < -0.3 is 4.74 Å². The first-order valence-electron chi connectivity index (χ1n) is 4.51. The molecule has 3 N–H and O–H groups in total. The summed E-state index contributed by atoms with van der Waals surface area (Å²) < 4.78 is 40.3. The fourth-order valence-electron chi connectivity index (χ4n) is 0.924. The van der Waals surface area contributed by atoms with Crippen LogP contribution in [0.3, 0.4) is 0 Å². The number of aromatic nitrogens is 2. The standard InChI is InChI=1S/C7H8F3N5O3/c8-7(9,10)1-2-18-5-4(15(16)17)3-12-6(13-5)14-11/h3H,1-2,11H2,(H,12,13,14). The quantitative estimate of drug-likeness (QED) is 0.464. The van der Waals surface area contributed by atoms with Gasteiger partial charge in [-0.05, 0) is 0 Å². The highest BCUT2D eigenvalue weighted by molar-refractivity contribution is 5.42. The molecule has 1 rings (SSSR count). The van der Waals surface area contributed by atoms with Gasteiger partial charge in [-0.15, -0.1) is 0 Å². The Kier molecular flexibility index (Phi) is 4.20. The summed E-state index contributed by atoms with van der Waals surface area (Å²) in [6.07, 6.45) is -4.89. The Bertz CT molecular complexity index is 439. The predicted octanol–water partition coefficient (Wildman–Crippen LogP) is 1.00. The van der Waals surface area contributed by atoms with Crippen LogP contribution in [0.2, 0.25) is 0 Å². The van der Waals surface area contributed by atoms with Crippen LogP contribution >= 0.6 is 0 Å². The van der Waals surface area contributed by atoms with Crippen molar-refractivity contribution in [3.63, 3.8) is 0 Å². The minimum Gasteiger partial charge on any atom is -0.472 e. The maximum atomic E-state index is 11.9. The van der Waals surface area contributed by atoms with Gasteiger partial charge in [0.05, 0.1) is 18.0 Å². The Morgan fingerprint density at radius 3 is 2.72 bits per heavy atom. The lowest BCUT2D eigenvalue weighted by Gasteiger charge is -2.08. The summed E-state index contributed by atoms with van der Waals surface area (Å²) in [5, 5.41) is 10.6. The number of rotatable bonds is 5. The summed E-state index contributed by atoms with van der Waals surface area (Å²) in [5.74, 6) is 4.18. The van der Waals surface area contributed by atoms with E-state index in [1.54, 1.807) is 0 Å². The molecule has 8 nitrogen and oxygen atoms in total. The van der Waals surface area contributed by atoms with E-state index in [9.17, 15) is 23.3 Å². The van der Waals surface area contributed by atoms with Gasteiger partial charge in [0.15, 0.2) is 0 Å². The number of halogens is 3. The zero-order valence-electron chi connectivity index (χ0n) is 8.77. The first-order valence-corrected chi connectivity index (χ1v) is 4.51. The largest absolute Gasteiger partial charge is 0.472 e. The van der Waals surface area contributed by atoms with Crippen molar-refractivity contribution in [2.75, 3.05) is 12.0 Å². The maximum Gasteiger partial charge on any atom is 0.392 e. The van der Waals surface area contributed by atoms with Crippen LogP contribution in [0.5, 0.6) is 5.88 Å². The molecular formula is C7H8F3N5O3. The fourth-order valence-corrected chi connectivity index (χ4v) is 0.924. The third-order valence-electron chi connectivity index (χ3n) is 1.69. The number of anilines is 1. The molecular weight excluding hydrogens is 259 g/mol. The van der Waals surface area contributed by atoms with E-state index in [0.29, 0.717) is 0 Å². The molecule has 0 spiro atoms. The molecule has 1 aromatic rings. The molecule has 0 amide bonds. The molecule has 0 bridgehead atoms. The molecule has 0 aliphatic heterocycles. The molecule has 100 valence electrons. The Morgan fingerprint density at radius 1 is 1.56 bits per heavy atom. The summed E-state index contributed by atoms with van der Waals surface area (Å²) in [5.41, 5.74) is 1.35. The number of ether oxygens (including phenoxy) is 1. The number of nitrogen functional groups attached to an aromatic ring is 1. The van der Waals surface area contributed by atoms with Gasteiger partial charge in [-0.2, -0.15) is 18.2 Å². The first kappa shape index (κ1) is 13.9. The number of nitrogens with one attached hydrogen (secondary N) is 1. The average molecular weight is 267 g/mol. The van der Waals surface area contributed by atoms with Gasteiger partial charge in [-0.25, -0.2) is 10.8 Å². The number of hydrogen-bond donors (Lipinski definition) is 2. The lowest BCUT2D eigenvalue weighted by atomic mass is 10.4. The topological polar surface area (TPSA) is 116 Å². The summed E-state index contributed by atoms with van der Waals surface area (Å²) >= 11 is 0. The molecule has 0 unspecified atom stereocenters. The van der Waals surface area contributed by atoms with Crippen LogP contribution in [0, 0.1) is 10.1 Å². The maximum absolute atomic E-state index is 11.9. The molecule has 1 aromatic heterocycles. The lowest BCUT2D eigenvalue weighted by Crippen LogP contribution is -2.15. The molecule has 0 fully saturated rings. The second kappa shape index (κ2) is 5.44. The fraction of sp³-hybridized carbons (Fsp3) is 0.429. The first-order chi connectivity index (χ1) is 8.33. The van der Waals surface area contributed by atoms with E-state index in [1.807, 2.05) is 5.43 Å². The minimum atomic E-state index is -4.42. The van der Waals surface area contributed by atoms with Crippen molar-refractivity contribution in [3.8, 4) is 5.88 Å². The van der Waals surface area contributed by atoms with Crippen LogP contribution < -0.4 is 16.0 Å². The third kappa shape index (κ3) is 4.01. The van der Waals surface area contributed by atoms with Crippen molar-refractivity contribution in [1.82, 2.24) is 9.97 Å². The van der Waals surface area contributed by atoms with Gasteiger partial charge in [0, 0.05) is 0 Å². The Morgan fingerprint density at radius 2 is 2.22 bits per heavy atom. The zero-order valence-corrected chi connectivity index (χ0v) is 8.77. The normalized spacial score (nSPS) is 11.1. The van der Waals surface area contributed by atoms with Crippen LogP contribution in [0.25, 0.3) is 0 Å². The summed E-state index contributed by atoms with van der Waals surface area (Å²) in [7, 11) is 0. The Labute approximate surface area is 98.1 Å². The van der Waals surface area contributed by atoms with Gasteiger partial charge in [0.25, 0.3) is 5.88 Å². The highest BCUT2D eigenvalue weighted by Gasteiger charge is 2.28. The third-order valence-corrected chi connectivity index (χ3v) is 1.69. The number of hydrazine groups is 1. The molecule has 0 aliphatic rings. The highest BCUT2D eigenvalue weighted by atomic mass is 19.4. The van der Waals surface area contributed by atoms with E-state index in [0.717, 1.165) is 6.20 Å². The van der Waals surface area contributed by atoms with E-state index in [1.165, 1.54) is 0 Å². The van der Waals surface area contributed by atoms with Crippen LogP contribution in [-0.2, 0) is 0 Å². The van der Waals surface area contributed by atoms with Crippen LogP contribution in [-0.4, -0.2) is 27.7 Å². The van der Waals surface area contributed by atoms with Crippen LogP contribution in [0.4, 0.5) is 24.8 Å². The van der Waals surface area contributed by atoms with Crippen LogP contribution in [0.15, 0.2) is 6.20 Å². The molecule has 18 heavy (non-hydrogen) atoms. The van der Waals surface area contributed by atoms with E-state index >= 15 is 0 Å². The van der Waals surface area contributed by atoms with Crippen molar-refractivity contribution in [2.24, 2.45) is 5.84 Å². The zero-order chi connectivity index (χ0) is 13.8. The highest BCUT2D eigenvalue weighted by Crippen LogP contribution is 2.26. The van der Waals surface area contributed by atoms with Crippen molar-refractivity contribution in [1.29, 1.82) is 0 Å². The second-order valence-electron chi connectivity index (χ2n) is 3.00. The number of hydrogen-bond acceptors (Lipinski definition) is 7. The summed E-state index contributed by atoms with van der Waals surface area (Å²) in [6.45, 7) is -0.786. The molecule has 11 heteroatoms. The Hall–Kier alpha value is -2.17. The van der Waals surface area contributed by atoms with Gasteiger partial charge in [0.2, 0.25) is 5.95 Å². The van der Waals surface area contributed by atoms with Gasteiger partial charge in [0.1, 0.15) is 6.20 Å². The van der Waals surface area contributed by atoms with Crippen molar-refractivity contribution < 1.29 is 22.8 Å². The smallest absolute Gasteiger partial charge is 0.392 e. The number of alkyl halides is 3. The van der Waals surface area contributed by atoms with E-state index in [4.69, 9.17) is 5.84 Å². The number of nitro groups is 1. The van der Waals surface area contributed by atoms with Gasteiger partial charge in [-0.1, -0.05) is 0 Å². The molecule has 0 saturated carbocycles. The molecule has 0 atom stereocenters.